The number of hydrogen-bond acceptors (Lipinski definition) is 3. The van der Waals surface area contributed by atoms with Gasteiger partial charge in [-0.3, -0.25) is 0 Å². The number of nitrogens with zero attached hydrogens (tertiary/aromatic N) is 3. The van der Waals surface area contributed by atoms with Gasteiger partial charge in [-0.2, -0.15) is 5.10 Å². The molecule has 4 nitrogen and oxygen atoms in total. The third kappa shape index (κ3) is 2.53. The molecule has 14 heavy (non-hydrogen) atoms. The van der Waals surface area contributed by atoms with E-state index in [0.717, 1.165) is 18.1 Å². The molecule has 0 aliphatic carbocycles. The SMILES string of the molecule is C/C=C(/C)n1ncnc1/C=C\CNC. The fourth-order valence-corrected chi connectivity index (χ4v) is 1.04. The van der Waals surface area contributed by atoms with E-state index in [9.17, 15) is 0 Å². The summed E-state index contributed by atoms with van der Waals surface area (Å²) in [4.78, 5) is 4.15. The van der Waals surface area contributed by atoms with Crippen molar-refractivity contribution >= 4 is 11.8 Å². The summed E-state index contributed by atoms with van der Waals surface area (Å²) in [5.41, 5.74) is 1.08. The Hall–Kier alpha value is -1.42. The monoisotopic (exact) mass is 192 g/mol. The highest BCUT2D eigenvalue weighted by atomic mass is 15.3. The lowest BCUT2D eigenvalue weighted by molar-refractivity contribution is 0.878. The van der Waals surface area contributed by atoms with Crippen LogP contribution >= 0.6 is 0 Å². The maximum Gasteiger partial charge on any atom is 0.155 e. The van der Waals surface area contributed by atoms with Crippen LogP contribution in [0.25, 0.3) is 11.8 Å². The maximum absolute atomic E-state index is 4.15. The summed E-state index contributed by atoms with van der Waals surface area (Å²) in [7, 11) is 1.91. The molecule has 1 aromatic rings. The molecule has 0 fully saturated rings. The molecule has 1 N–H and O–H groups in total. The summed E-state index contributed by atoms with van der Waals surface area (Å²) in [5.74, 6) is 0.857. The van der Waals surface area contributed by atoms with Crippen molar-refractivity contribution in [3.8, 4) is 0 Å². The van der Waals surface area contributed by atoms with Crippen molar-refractivity contribution in [2.75, 3.05) is 13.6 Å². The van der Waals surface area contributed by atoms with Crippen molar-refractivity contribution in [2.24, 2.45) is 0 Å². The molecule has 0 aromatic carbocycles. The Kier molecular flexibility index (Phi) is 4.07. The number of hydrogen-bond donors (Lipinski definition) is 1. The van der Waals surface area contributed by atoms with Gasteiger partial charge in [0.25, 0.3) is 0 Å². The third-order valence-corrected chi connectivity index (χ3v) is 1.91. The maximum atomic E-state index is 4.15. The molecule has 4 heteroatoms. The van der Waals surface area contributed by atoms with Crippen LogP contribution in [0.15, 0.2) is 18.5 Å². The van der Waals surface area contributed by atoms with E-state index in [0.29, 0.717) is 0 Å². The lowest BCUT2D eigenvalue weighted by Gasteiger charge is -2.01. The number of nitrogens with one attached hydrogen (secondary N) is 1. The number of allylic oxidation sites excluding steroid dienone is 2. The van der Waals surface area contributed by atoms with Gasteiger partial charge in [0.1, 0.15) is 6.33 Å². The van der Waals surface area contributed by atoms with E-state index in [1.54, 1.807) is 6.33 Å². The first kappa shape index (κ1) is 10.7. The van der Waals surface area contributed by atoms with Gasteiger partial charge < -0.3 is 5.32 Å². The second-order valence-electron chi connectivity index (χ2n) is 2.92. The Morgan fingerprint density at radius 3 is 3.07 bits per heavy atom. The normalized spacial score (nSPS) is 12.6. The molecule has 1 rings (SSSR count). The highest BCUT2D eigenvalue weighted by Crippen LogP contribution is 2.05. The largest absolute Gasteiger partial charge is 0.316 e. The lowest BCUT2D eigenvalue weighted by atomic mass is 10.4. The predicted octanol–water partition coefficient (Wildman–Crippen LogP) is 1.39. The van der Waals surface area contributed by atoms with Crippen LogP contribution in [0.1, 0.15) is 19.7 Å². The van der Waals surface area contributed by atoms with Gasteiger partial charge in [0.05, 0.1) is 0 Å². The Bertz CT molecular complexity index is 336. The Labute approximate surface area is 84.3 Å². The Morgan fingerprint density at radius 2 is 2.43 bits per heavy atom. The molecule has 0 spiro atoms. The summed E-state index contributed by atoms with van der Waals surface area (Å²) in [5, 5.41) is 7.17. The van der Waals surface area contributed by atoms with E-state index in [4.69, 9.17) is 0 Å². The van der Waals surface area contributed by atoms with Crippen LogP contribution in [-0.2, 0) is 0 Å². The van der Waals surface area contributed by atoms with Gasteiger partial charge in [-0.25, -0.2) is 9.67 Å². The van der Waals surface area contributed by atoms with Crippen molar-refractivity contribution in [2.45, 2.75) is 13.8 Å². The Morgan fingerprint density at radius 1 is 1.64 bits per heavy atom. The molecule has 0 saturated carbocycles. The standard InChI is InChI=1S/C10H16N4/c1-4-9(2)14-10(12-8-13-14)6-5-7-11-3/h4-6,8,11H,7H2,1-3H3/b6-5-,9-4-. The van der Waals surface area contributed by atoms with Gasteiger partial charge in [0, 0.05) is 12.2 Å². The smallest absolute Gasteiger partial charge is 0.155 e. The van der Waals surface area contributed by atoms with Crippen LogP contribution in [-0.4, -0.2) is 28.4 Å². The van der Waals surface area contributed by atoms with Gasteiger partial charge in [-0.1, -0.05) is 12.2 Å². The van der Waals surface area contributed by atoms with Gasteiger partial charge >= 0.3 is 0 Å². The number of likely N-dealkylation sites (N-methyl/N-ethyl adjacent to an activating group) is 1. The van der Waals surface area contributed by atoms with Gasteiger partial charge in [0.15, 0.2) is 5.82 Å². The third-order valence-electron chi connectivity index (χ3n) is 1.91. The van der Waals surface area contributed by atoms with E-state index < -0.39 is 0 Å². The molecule has 0 saturated heterocycles. The first-order chi connectivity index (χ1) is 6.79. The average molecular weight is 192 g/mol. The number of aromatic nitrogens is 3. The molecule has 1 aromatic heterocycles. The van der Waals surface area contributed by atoms with Crippen LogP contribution in [0.2, 0.25) is 0 Å². The average Bonchev–Trinajstić information content (AvgIpc) is 2.65. The minimum absolute atomic E-state index is 0.835. The minimum atomic E-state index is 0.835. The Balaban J connectivity index is 2.82. The lowest BCUT2D eigenvalue weighted by Crippen LogP contribution is -2.04. The first-order valence-electron chi connectivity index (χ1n) is 4.64. The second-order valence-corrected chi connectivity index (χ2v) is 2.92. The first-order valence-corrected chi connectivity index (χ1v) is 4.64. The molecule has 0 unspecified atom stereocenters. The zero-order valence-electron chi connectivity index (χ0n) is 8.86. The predicted molar refractivity (Wildman–Crippen MR) is 58.6 cm³/mol. The van der Waals surface area contributed by atoms with Gasteiger partial charge in [-0.05, 0) is 27.0 Å². The summed E-state index contributed by atoms with van der Waals surface area (Å²) < 4.78 is 1.81. The summed E-state index contributed by atoms with van der Waals surface area (Å²) >= 11 is 0. The van der Waals surface area contributed by atoms with Crippen LogP contribution in [0.3, 0.4) is 0 Å². The van der Waals surface area contributed by atoms with Crippen LogP contribution in [0, 0.1) is 0 Å². The van der Waals surface area contributed by atoms with E-state index in [1.807, 2.05) is 43.8 Å². The molecule has 0 aliphatic heterocycles. The summed E-state index contributed by atoms with van der Waals surface area (Å²) in [6, 6.07) is 0. The molecule has 0 bridgehead atoms. The van der Waals surface area contributed by atoms with Crippen molar-refractivity contribution < 1.29 is 0 Å². The molecular weight excluding hydrogens is 176 g/mol. The molecule has 0 aliphatic rings. The van der Waals surface area contributed by atoms with Crippen molar-refractivity contribution in [3.05, 3.63) is 24.3 Å². The summed E-state index contributed by atoms with van der Waals surface area (Å²) in [6.45, 7) is 4.82. The van der Waals surface area contributed by atoms with Crippen LogP contribution in [0.4, 0.5) is 0 Å². The topological polar surface area (TPSA) is 42.7 Å². The van der Waals surface area contributed by atoms with Crippen molar-refractivity contribution in [1.29, 1.82) is 0 Å². The van der Waals surface area contributed by atoms with E-state index in [-0.39, 0.29) is 0 Å². The molecule has 0 atom stereocenters. The zero-order chi connectivity index (χ0) is 10.4. The molecule has 76 valence electrons. The fraction of sp³-hybridized carbons (Fsp3) is 0.400. The summed E-state index contributed by atoms with van der Waals surface area (Å²) in [6.07, 6.45) is 7.54. The molecule has 0 amide bonds. The highest BCUT2D eigenvalue weighted by molar-refractivity contribution is 5.49. The minimum Gasteiger partial charge on any atom is -0.316 e. The zero-order valence-corrected chi connectivity index (χ0v) is 8.86. The van der Waals surface area contributed by atoms with Crippen LogP contribution < -0.4 is 5.32 Å². The van der Waals surface area contributed by atoms with Gasteiger partial charge in [-0.15, -0.1) is 0 Å². The van der Waals surface area contributed by atoms with Crippen molar-refractivity contribution in [1.82, 2.24) is 20.1 Å². The molecular formula is C10H16N4. The van der Waals surface area contributed by atoms with E-state index >= 15 is 0 Å². The second kappa shape index (κ2) is 5.34. The van der Waals surface area contributed by atoms with Crippen molar-refractivity contribution in [3.63, 3.8) is 0 Å². The van der Waals surface area contributed by atoms with Crippen LogP contribution in [0.5, 0.6) is 0 Å². The molecule has 0 radical (unpaired) electrons. The highest BCUT2D eigenvalue weighted by Gasteiger charge is 2.00. The number of rotatable bonds is 4. The molecule has 1 heterocycles. The van der Waals surface area contributed by atoms with E-state index in [1.165, 1.54) is 0 Å². The van der Waals surface area contributed by atoms with Gasteiger partial charge in [0.2, 0.25) is 0 Å². The quantitative estimate of drug-likeness (QED) is 0.784. The van der Waals surface area contributed by atoms with E-state index in [2.05, 4.69) is 15.4 Å². The fourth-order valence-electron chi connectivity index (χ4n) is 1.04.